The van der Waals surface area contributed by atoms with E-state index in [0.29, 0.717) is 28.2 Å². The molecule has 6 nitrogen and oxygen atoms in total. The summed E-state index contributed by atoms with van der Waals surface area (Å²) >= 11 is 0. The Balaban J connectivity index is 1.89. The van der Waals surface area contributed by atoms with Gasteiger partial charge in [-0.1, -0.05) is 30.3 Å². The Bertz CT molecular complexity index is 1230. The number of hydrogen-bond acceptors (Lipinski definition) is 5. The number of rotatable bonds is 5. The highest BCUT2D eigenvalue weighted by atomic mass is 19.1. The van der Waals surface area contributed by atoms with E-state index < -0.39 is 5.97 Å². The second-order valence-corrected chi connectivity index (χ2v) is 6.52. The molecule has 2 N–H and O–H groups in total. The van der Waals surface area contributed by atoms with Gasteiger partial charge in [0.25, 0.3) is 0 Å². The lowest BCUT2D eigenvalue weighted by molar-refractivity contribution is -0.137. The van der Waals surface area contributed by atoms with E-state index in [-0.39, 0.29) is 18.2 Å². The minimum atomic E-state index is -0.456. The molecule has 0 saturated heterocycles. The minimum Gasteiger partial charge on any atom is -0.463 e. The molecule has 7 heteroatoms. The number of hydrogen-bond donors (Lipinski definition) is 1. The maximum absolute atomic E-state index is 13.4. The molecule has 0 radical (unpaired) electrons. The van der Waals surface area contributed by atoms with Crippen LogP contribution in [0.4, 0.5) is 10.2 Å². The number of ether oxygens (including phenoxy) is 1. The lowest BCUT2D eigenvalue weighted by atomic mass is 10.0. The number of halogens is 1. The first-order valence-electron chi connectivity index (χ1n) is 9.42. The Morgan fingerprint density at radius 3 is 2.53 bits per heavy atom. The van der Waals surface area contributed by atoms with E-state index in [9.17, 15) is 9.18 Å². The van der Waals surface area contributed by atoms with Crippen molar-refractivity contribution in [1.29, 1.82) is 0 Å². The molecule has 2 aromatic heterocycles. The van der Waals surface area contributed by atoms with E-state index in [1.807, 2.05) is 30.3 Å². The SMILES string of the molecule is CCOC(=O)/C=C(\c1ccccc1)c1ccc2nc(N)c(-c3ccc(F)cc3)n2n1. The minimum absolute atomic E-state index is 0.274. The molecule has 0 aliphatic rings. The molecule has 30 heavy (non-hydrogen) atoms. The first kappa shape index (κ1) is 19.3. The average Bonchev–Trinajstić information content (AvgIpc) is 3.08. The lowest BCUT2D eigenvalue weighted by Gasteiger charge is -2.09. The number of fused-ring (bicyclic) bond motifs is 1. The number of imidazole rings is 1. The number of nitrogens with two attached hydrogens (primary N) is 1. The molecule has 0 aliphatic heterocycles. The first-order valence-corrected chi connectivity index (χ1v) is 9.42. The van der Waals surface area contributed by atoms with Crippen LogP contribution in [0.25, 0.3) is 22.5 Å². The Morgan fingerprint density at radius 1 is 1.10 bits per heavy atom. The van der Waals surface area contributed by atoms with E-state index in [2.05, 4.69) is 10.1 Å². The van der Waals surface area contributed by atoms with E-state index in [4.69, 9.17) is 10.5 Å². The molecule has 2 heterocycles. The molecule has 0 unspecified atom stereocenters. The number of esters is 1. The molecular weight excluding hydrogens is 383 g/mol. The molecule has 0 spiro atoms. The van der Waals surface area contributed by atoms with Crippen LogP contribution in [-0.2, 0) is 9.53 Å². The Hall–Kier alpha value is -4.00. The summed E-state index contributed by atoms with van der Waals surface area (Å²) in [4.78, 5) is 16.5. The van der Waals surface area contributed by atoms with E-state index >= 15 is 0 Å². The van der Waals surface area contributed by atoms with Crippen molar-refractivity contribution in [3.63, 3.8) is 0 Å². The molecule has 4 aromatic rings. The van der Waals surface area contributed by atoms with Crippen LogP contribution >= 0.6 is 0 Å². The summed E-state index contributed by atoms with van der Waals surface area (Å²) in [5.41, 5.74) is 9.86. The summed E-state index contributed by atoms with van der Waals surface area (Å²) in [7, 11) is 0. The summed E-state index contributed by atoms with van der Waals surface area (Å²) in [6.45, 7) is 2.03. The number of carbonyl (C=O) groups excluding carboxylic acids is 1. The number of nitrogen functional groups attached to an aromatic ring is 1. The Morgan fingerprint density at radius 2 is 1.83 bits per heavy atom. The van der Waals surface area contributed by atoms with Crippen molar-refractivity contribution in [3.8, 4) is 11.3 Å². The predicted octanol–water partition coefficient (Wildman–Crippen LogP) is 4.11. The maximum atomic E-state index is 13.4. The quantitative estimate of drug-likeness (QED) is 0.401. The fraction of sp³-hybridized carbons (Fsp3) is 0.0870. The molecule has 0 amide bonds. The third kappa shape index (κ3) is 3.77. The van der Waals surface area contributed by atoms with E-state index in [1.54, 1.807) is 35.7 Å². The van der Waals surface area contributed by atoms with Crippen molar-refractivity contribution in [1.82, 2.24) is 14.6 Å². The third-order valence-electron chi connectivity index (χ3n) is 4.53. The second-order valence-electron chi connectivity index (χ2n) is 6.52. The molecule has 0 saturated carbocycles. The molecule has 2 aromatic carbocycles. The van der Waals surface area contributed by atoms with Gasteiger partial charge in [0.15, 0.2) is 11.5 Å². The van der Waals surface area contributed by atoms with Crippen LogP contribution in [0, 0.1) is 5.82 Å². The molecule has 0 aliphatic carbocycles. The highest BCUT2D eigenvalue weighted by Gasteiger charge is 2.16. The Labute approximate surface area is 172 Å². The van der Waals surface area contributed by atoms with Crippen molar-refractivity contribution >= 4 is 23.0 Å². The van der Waals surface area contributed by atoms with Gasteiger partial charge in [0.1, 0.15) is 11.5 Å². The summed E-state index contributed by atoms with van der Waals surface area (Å²) < 4.78 is 20.1. The van der Waals surface area contributed by atoms with Gasteiger partial charge in [0.05, 0.1) is 12.3 Å². The van der Waals surface area contributed by atoms with Crippen molar-refractivity contribution in [2.45, 2.75) is 6.92 Å². The van der Waals surface area contributed by atoms with Gasteiger partial charge >= 0.3 is 5.97 Å². The molecule has 4 rings (SSSR count). The maximum Gasteiger partial charge on any atom is 0.331 e. The van der Waals surface area contributed by atoms with Gasteiger partial charge in [-0.2, -0.15) is 5.10 Å². The number of anilines is 1. The van der Waals surface area contributed by atoms with Gasteiger partial charge in [-0.3, -0.25) is 0 Å². The van der Waals surface area contributed by atoms with Crippen LogP contribution in [-0.4, -0.2) is 27.2 Å². The van der Waals surface area contributed by atoms with Gasteiger partial charge in [-0.25, -0.2) is 18.7 Å². The van der Waals surface area contributed by atoms with Crippen LogP contribution < -0.4 is 5.73 Å². The highest BCUT2D eigenvalue weighted by molar-refractivity contribution is 5.95. The van der Waals surface area contributed by atoms with Crippen LogP contribution in [0.2, 0.25) is 0 Å². The number of aromatic nitrogens is 3. The highest BCUT2D eigenvalue weighted by Crippen LogP contribution is 2.28. The van der Waals surface area contributed by atoms with Gasteiger partial charge in [-0.15, -0.1) is 0 Å². The van der Waals surface area contributed by atoms with Gasteiger partial charge in [0, 0.05) is 17.2 Å². The third-order valence-corrected chi connectivity index (χ3v) is 4.53. The summed E-state index contributed by atoms with van der Waals surface area (Å²) in [5.74, 6) is -0.521. The van der Waals surface area contributed by atoms with E-state index in [1.165, 1.54) is 18.2 Å². The number of benzene rings is 2. The largest absolute Gasteiger partial charge is 0.463 e. The molecule has 0 atom stereocenters. The van der Waals surface area contributed by atoms with Crippen LogP contribution in [0.3, 0.4) is 0 Å². The van der Waals surface area contributed by atoms with Crippen LogP contribution in [0.5, 0.6) is 0 Å². The predicted molar refractivity (Wildman–Crippen MR) is 113 cm³/mol. The average molecular weight is 402 g/mol. The monoisotopic (exact) mass is 402 g/mol. The van der Waals surface area contributed by atoms with Crippen molar-refractivity contribution < 1.29 is 13.9 Å². The summed E-state index contributed by atoms with van der Waals surface area (Å²) in [6, 6.07) is 18.9. The standard InChI is InChI=1S/C23H19FN4O2/c1-2-30-21(29)14-18(15-6-4-3-5-7-15)19-12-13-20-26-23(25)22(28(20)27-19)16-8-10-17(24)11-9-16/h3-14H,2,25H2,1H3/b18-14+. The zero-order valence-electron chi connectivity index (χ0n) is 16.2. The second kappa shape index (κ2) is 8.16. The summed E-state index contributed by atoms with van der Waals surface area (Å²) in [5, 5.41) is 4.69. The van der Waals surface area contributed by atoms with Gasteiger partial charge in [0.2, 0.25) is 0 Å². The fourth-order valence-corrected chi connectivity index (χ4v) is 3.20. The topological polar surface area (TPSA) is 82.5 Å². The molecule has 0 bridgehead atoms. The zero-order valence-corrected chi connectivity index (χ0v) is 16.2. The zero-order chi connectivity index (χ0) is 21.1. The Kier molecular flexibility index (Phi) is 5.26. The summed E-state index contributed by atoms with van der Waals surface area (Å²) in [6.07, 6.45) is 1.42. The van der Waals surface area contributed by atoms with Crippen LogP contribution in [0.1, 0.15) is 18.2 Å². The number of carbonyl (C=O) groups is 1. The van der Waals surface area contributed by atoms with Gasteiger partial charge in [-0.05, 0) is 48.9 Å². The normalized spacial score (nSPS) is 11.6. The first-order chi connectivity index (χ1) is 14.6. The van der Waals surface area contributed by atoms with Crippen LogP contribution in [0.15, 0.2) is 72.8 Å². The molecule has 0 fully saturated rings. The van der Waals surface area contributed by atoms with Gasteiger partial charge < -0.3 is 10.5 Å². The van der Waals surface area contributed by atoms with Crippen molar-refractivity contribution in [3.05, 3.63) is 89.9 Å². The number of nitrogens with zero attached hydrogens (tertiary/aromatic N) is 3. The van der Waals surface area contributed by atoms with Crippen molar-refractivity contribution in [2.75, 3.05) is 12.3 Å². The lowest BCUT2D eigenvalue weighted by Crippen LogP contribution is -2.05. The van der Waals surface area contributed by atoms with Crippen molar-refractivity contribution in [2.24, 2.45) is 0 Å². The smallest absolute Gasteiger partial charge is 0.331 e. The van der Waals surface area contributed by atoms with E-state index in [0.717, 1.165) is 5.56 Å². The fourth-order valence-electron chi connectivity index (χ4n) is 3.20. The molecular formula is C23H19FN4O2. The molecule has 150 valence electrons.